The Morgan fingerprint density at radius 2 is 1.97 bits per heavy atom. The normalized spacial score (nSPS) is 12.7. The number of amides is 1. The highest BCUT2D eigenvalue weighted by Gasteiger charge is 2.21. The fourth-order valence-electron chi connectivity index (χ4n) is 2.86. The van der Waals surface area contributed by atoms with Gasteiger partial charge in [-0.3, -0.25) is 9.20 Å². The Hall–Kier alpha value is -2.50. The molecule has 0 saturated heterocycles. The zero-order chi connectivity index (χ0) is 21.6. The highest BCUT2D eigenvalue weighted by molar-refractivity contribution is 7.98. The monoisotopic (exact) mass is 451 g/mol. The van der Waals surface area contributed by atoms with Gasteiger partial charge in [-0.15, -0.1) is 10.2 Å². The Balaban J connectivity index is 1.61. The summed E-state index contributed by atoms with van der Waals surface area (Å²) in [5.74, 6) is 0.602. The third-order valence-corrected chi connectivity index (χ3v) is 6.49. The summed E-state index contributed by atoms with van der Waals surface area (Å²) in [5, 5.41) is 11.3. The van der Waals surface area contributed by atoms with E-state index in [0.717, 1.165) is 17.9 Å². The molecule has 0 radical (unpaired) electrons. The van der Waals surface area contributed by atoms with Crippen LogP contribution in [0.1, 0.15) is 24.7 Å². The van der Waals surface area contributed by atoms with Crippen molar-refractivity contribution >= 4 is 33.3 Å². The fourth-order valence-corrected chi connectivity index (χ4v) is 4.36. The van der Waals surface area contributed by atoms with Crippen molar-refractivity contribution in [2.45, 2.75) is 23.8 Å². The van der Waals surface area contributed by atoms with Crippen LogP contribution in [-0.2, 0) is 14.8 Å². The van der Waals surface area contributed by atoms with Crippen LogP contribution in [0.5, 0.6) is 0 Å². The molecule has 0 aliphatic rings. The molecule has 2 aromatic heterocycles. The molecule has 1 unspecified atom stereocenters. The molecule has 0 bridgehead atoms. The standard InChI is InChI=1S/C19H22FN5O3S2/c1-29-13-10-16(19-24-23-17-4-2-3-12-25(17)19)22-18(26)9-11-21-30(27,28)15-7-5-14(20)6-8-15/h2-8,12,16,21H,9-11,13H2,1H3,(H,22,26). The minimum atomic E-state index is -3.81. The average Bonchev–Trinajstić information content (AvgIpc) is 3.15. The van der Waals surface area contributed by atoms with Gasteiger partial charge in [0.2, 0.25) is 15.9 Å². The number of carbonyl (C=O) groups is 1. The summed E-state index contributed by atoms with van der Waals surface area (Å²) in [6, 6.07) is 9.68. The van der Waals surface area contributed by atoms with Gasteiger partial charge >= 0.3 is 0 Å². The number of pyridine rings is 1. The van der Waals surface area contributed by atoms with Gasteiger partial charge in [0, 0.05) is 19.2 Å². The van der Waals surface area contributed by atoms with Crippen LogP contribution < -0.4 is 10.0 Å². The molecule has 0 spiro atoms. The lowest BCUT2D eigenvalue weighted by Gasteiger charge is -2.17. The van der Waals surface area contributed by atoms with Crippen molar-refractivity contribution in [3.05, 3.63) is 60.3 Å². The zero-order valence-electron chi connectivity index (χ0n) is 16.3. The van der Waals surface area contributed by atoms with Crippen LogP contribution in [0.3, 0.4) is 0 Å². The van der Waals surface area contributed by atoms with E-state index in [1.54, 1.807) is 11.8 Å². The van der Waals surface area contributed by atoms with E-state index in [-0.39, 0.29) is 29.8 Å². The lowest BCUT2D eigenvalue weighted by atomic mass is 10.2. The Morgan fingerprint density at radius 3 is 2.70 bits per heavy atom. The second-order valence-electron chi connectivity index (χ2n) is 6.49. The number of benzene rings is 1. The number of aromatic nitrogens is 3. The summed E-state index contributed by atoms with van der Waals surface area (Å²) >= 11 is 1.65. The van der Waals surface area contributed by atoms with E-state index in [2.05, 4.69) is 20.2 Å². The van der Waals surface area contributed by atoms with Gasteiger partial charge in [-0.25, -0.2) is 17.5 Å². The first-order chi connectivity index (χ1) is 14.4. The molecule has 1 amide bonds. The quantitative estimate of drug-likeness (QED) is 0.489. The van der Waals surface area contributed by atoms with Crippen molar-refractivity contribution < 1.29 is 17.6 Å². The number of rotatable bonds is 10. The average molecular weight is 452 g/mol. The van der Waals surface area contributed by atoms with Crippen molar-refractivity contribution in [1.29, 1.82) is 0 Å². The van der Waals surface area contributed by atoms with E-state index in [1.165, 1.54) is 12.1 Å². The lowest BCUT2D eigenvalue weighted by molar-refractivity contribution is -0.121. The SMILES string of the molecule is CSCCC(NC(=O)CCNS(=O)(=O)c1ccc(F)cc1)c1nnc2ccccn12. The van der Waals surface area contributed by atoms with Gasteiger partial charge in [-0.2, -0.15) is 11.8 Å². The largest absolute Gasteiger partial charge is 0.346 e. The van der Waals surface area contributed by atoms with E-state index in [9.17, 15) is 17.6 Å². The summed E-state index contributed by atoms with van der Waals surface area (Å²) in [6.07, 6.45) is 4.42. The van der Waals surface area contributed by atoms with Crippen LogP contribution in [-0.4, -0.2) is 47.5 Å². The van der Waals surface area contributed by atoms with Gasteiger partial charge in [0.15, 0.2) is 11.5 Å². The number of hydrogen-bond acceptors (Lipinski definition) is 6. The number of halogens is 1. The molecule has 2 heterocycles. The molecule has 160 valence electrons. The van der Waals surface area contributed by atoms with Crippen LogP contribution in [0.15, 0.2) is 53.6 Å². The molecule has 0 saturated carbocycles. The Labute approximate surface area is 178 Å². The van der Waals surface area contributed by atoms with Gasteiger partial charge < -0.3 is 5.32 Å². The van der Waals surface area contributed by atoms with Gasteiger partial charge in [0.25, 0.3) is 0 Å². The van der Waals surface area contributed by atoms with Crippen LogP contribution >= 0.6 is 11.8 Å². The van der Waals surface area contributed by atoms with Gasteiger partial charge in [-0.1, -0.05) is 6.07 Å². The number of nitrogens with one attached hydrogen (secondary N) is 2. The van der Waals surface area contributed by atoms with Crippen molar-refractivity contribution in [2.24, 2.45) is 0 Å². The maximum absolute atomic E-state index is 13.0. The molecular weight excluding hydrogens is 429 g/mol. The van der Waals surface area contributed by atoms with Gasteiger partial charge in [0.1, 0.15) is 5.82 Å². The molecular formula is C19H22FN5O3S2. The smallest absolute Gasteiger partial charge is 0.240 e. The number of hydrogen-bond donors (Lipinski definition) is 2. The van der Waals surface area contributed by atoms with Crippen molar-refractivity contribution in [1.82, 2.24) is 24.6 Å². The molecule has 2 N–H and O–H groups in total. The number of thioether (sulfide) groups is 1. The predicted octanol–water partition coefficient (Wildman–Crippen LogP) is 2.15. The topological polar surface area (TPSA) is 105 Å². The van der Waals surface area contributed by atoms with Crippen LogP contribution in [0.4, 0.5) is 4.39 Å². The molecule has 0 aliphatic carbocycles. The fraction of sp³-hybridized carbons (Fsp3) is 0.316. The van der Waals surface area contributed by atoms with Gasteiger partial charge in [-0.05, 0) is 54.8 Å². The van der Waals surface area contributed by atoms with Crippen LogP contribution in [0.2, 0.25) is 0 Å². The lowest BCUT2D eigenvalue weighted by Crippen LogP contribution is -2.34. The Kier molecular flexibility index (Phi) is 7.40. The second kappa shape index (κ2) is 10.0. The first kappa shape index (κ1) is 22.2. The van der Waals surface area contributed by atoms with E-state index in [1.807, 2.05) is 35.1 Å². The second-order valence-corrected chi connectivity index (χ2v) is 9.24. The van der Waals surface area contributed by atoms with Crippen LogP contribution in [0.25, 0.3) is 5.65 Å². The molecule has 1 aromatic carbocycles. The molecule has 0 aliphatic heterocycles. The summed E-state index contributed by atoms with van der Waals surface area (Å²) in [6.45, 7) is -0.0820. The minimum Gasteiger partial charge on any atom is -0.346 e. The molecule has 3 aromatic rings. The summed E-state index contributed by atoms with van der Waals surface area (Å²) in [4.78, 5) is 12.4. The number of sulfonamides is 1. The first-order valence-corrected chi connectivity index (χ1v) is 12.1. The van der Waals surface area contributed by atoms with Gasteiger partial charge in [0.05, 0.1) is 10.9 Å². The van der Waals surface area contributed by atoms with Crippen molar-refractivity contribution in [2.75, 3.05) is 18.6 Å². The molecule has 8 nitrogen and oxygen atoms in total. The van der Waals surface area contributed by atoms with E-state index >= 15 is 0 Å². The number of fused-ring (bicyclic) bond motifs is 1. The highest BCUT2D eigenvalue weighted by Crippen LogP contribution is 2.18. The summed E-state index contributed by atoms with van der Waals surface area (Å²) in [7, 11) is -3.81. The predicted molar refractivity (Wildman–Crippen MR) is 113 cm³/mol. The molecule has 30 heavy (non-hydrogen) atoms. The molecule has 1 atom stereocenters. The van der Waals surface area contributed by atoms with E-state index < -0.39 is 15.8 Å². The van der Waals surface area contributed by atoms with Crippen LogP contribution in [0, 0.1) is 5.82 Å². The third-order valence-electron chi connectivity index (χ3n) is 4.37. The van der Waals surface area contributed by atoms with E-state index in [0.29, 0.717) is 17.9 Å². The zero-order valence-corrected chi connectivity index (χ0v) is 17.9. The summed E-state index contributed by atoms with van der Waals surface area (Å²) < 4.78 is 41.6. The highest BCUT2D eigenvalue weighted by atomic mass is 32.2. The van der Waals surface area contributed by atoms with E-state index in [4.69, 9.17) is 0 Å². The molecule has 3 rings (SSSR count). The Morgan fingerprint density at radius 1 is 1.20 bits per heavy atom. The van der Waals surface area contributed by atoms with Crippen molar-refractivity contribution in [3.63, 3.8) is 0 Å². The number of nitrogens with zero attached hydrogens (tertiary/aromatic N) is 3. The molecule has 0 fully saturated rings. The minimum absolute atomic E-state index is 0.0487. The maximum atomic E-state index is 13.0. The first-order valence-electron chi connectivity index (χ1n) is 9.24. The summed E-state index contributed by atoms with van der Waals surface area (Å²) in [5.41, 5.74) is 0.683. The number of carbonyl (C=O) groups excluding carboxylic acids is 1. The third kappa shape index (κ3) is 5.55. The Bertz CT molecular complexity index is 1100. The maximum Gasteiger partial charge on any atom is 0.240 e. The molecule has 11 heteroatoms. The van der Waals surface area contributed by atoms with Crippen molar-refractivity contribution in [3.8, 4) is 0 Å².